The average molecular weight is 197 g/mol. The molecule has 0 amide bonds. The molecule has 2 N–H and O–H groups in total. The van der Waals surface area contributed by atoms with Gasteiger partial charge in [0.15, 0.2) is 0 Å². The molecule has 0 saturated heterocycles. The normalized spacial score (nSPS) is 15.1. The van der Waals surface area contributed by atoms with E-state index in [4.69, 9.17) is 5.11 Å². The van der Waals surface area contributed by atoms with E-state index in [1.54, 1.807) is 31.3 Å². The molecule has 2 unspecified atom stereocenters. The Balaban J connectivity index is 2.56. The van der Waals surface area contributed by atoms with Crippen molar-refractivity contribution in [1.29, 1.82) is 0 Å². The molecule has 0 aliphatic rings. The molecule has 2 atom stereocenters. The van der Waals surface area contributed by atoms with Crippen LogP contribution in [0.15, 0.2) is 24.3 Å². The molecule has 14 heavy (non-hydrogen) atoms. The molecule has 78 valence electrons. The number of benzene rings is 1. The molecule has 0 fully saturated rings. The summed E-state index contributed by atoms with van der Waals surface area (Å²) in [4.78, 5) is 0. The van der Waals surface area contributed by atoms with Crippen LogP contribution in [0.5, 0.6) is 5.75 Å². The summed E-state index contributed by atoms with van der Waals surface area (Å²) in [5, 5.41) is 11.9. The highest BCUT2D eigenvalue weighted by atomic mass is 19.1. The summed E-state index contributed by atoms with van der Waals surface area (Å²) in [6.45, 7) is 1.81. The van der Waals surface area contributed by atoms with Gasteiger partial charge in [0.05, 0.1) is 0 Å². The van der Waals surface area contributed by atoms with Gasteiger partial charge in [-0.05, 0) is 31.7 Å². The van der Waals surface area contributed by atoms with Crippen LogP contribution in [-0.2, 0) is 6.42 Å². The Bertz CT molecular complexity index is 273. The standard InChI is InChI=1S/C11H16FNO/c1-8(13-2)11(12)7-9-3-5-10(14)6-4-9/h3-6,8,11,13-14H,7H2,1-2H3. The van der Waals surface area contributed by atoms with Crippen LogP contribution in [0, 0.1) is 0 Å². The summed E-state index contributed by atoms with van der Waals surface area (Å²) in [6.07, 6.45) is -0.521. The van der Waals surface area contributed by atoms with E-state index in [2.05, 4.69) is 5.32 Å². The van der Waals surface area contributed by atoms with Gasteiger partial charge in [-0.15, -0.1) is 0 Å². The maximum absolute atomic E-state index is 13.5. The number of hydrogen-bond acceptors (Lipinski definition) is 2. The smallest absolute Gasteiger partial charge is 0.119 e. The van der Waals surface area contributed by atoms with Gasteiger partial charge in [-0.3, -0.25) is 0 Å². The molecule has 0 saturated carbocycles. The predicted molar refractivity (Wildman–Crippen MR) is 55.2 cm³/mol. The number of phenolic OH excluding ortho intramolecular Hbond substituents is 1. The van der Waals surface area contributed by atoms with Crippen LogP contribution in [0.1, 0.15) is 12.5 Å². The summed E-state index contributed by atoms with van der Waals surface area (Å²) in [6, 6.07) is 6.48. The van der Waals surface area contributed by atoms with Crippen molar-refractivity contribution >= 4 is 0 Å². The Morgan fingerprint density at radius 2 is 1.93 bits per heavy atom. The fraction of sp³-hybridized carbons (Fsp3) is 0.455. The number of rotatable bonds is 4. The Kier molecular flexibility index (Phi) is 3.89. The van der Waals surface area contributed by atoms with Crippen LogP contribution in [0.25, 0.3) is 0 Å². The summed E-state index contributed by atoms with van der Waals surface area (Å²) in [5.41, 5.74) is 0.900. The number of phenols is 1. The van der Waals surface area contributed by atoms with Gasteiger partial charge in [0.2, 0.25) is 0 Å². The lowest BCUT2D eigenvalue weighted by atomic mass is 10.0. The molecule has 0 aromatic heterocycles. The first-order valence-electron chi connectivity index (χ1n) is 4.72. The van der Waals surface area contributed by atoms with E-state index < -0.39 is 6.17 Å². The van der Waals surface area contributed by atoms with Crippen molar-refractivity contribution in [2.24, 2.45) is 0 Å². The molecular formula is C11H16FNO. The van der Waals surface area contributed by atoms with Crippen LogP contribution in [-0.4, -0.2) is 24.4 Å². The van der Waals surface area contributed by atoms with Gasteiger partial charge in [-0.2, -0.15) is 0 Å². The second kappa shape index (κ2) is 4.96. The fourth-order valence-corrected chi connectivity index (χ4v) is 1.21. The SMILES string of the molecule is CNC(C)C(F)Cc1ccc(O)cc1. The maximum Gasteiger partial charge on any atom is 0.119 e. The monoisotopic (exact) mass is 197 g/mol. The Hall–Kier alpha value is -1.09. The third-order valence-corrected chi connectivity index (χ3v) is 2.36. The lowest BCUT2D eigenvalue weighted by Crippen LogP contribution is -2.33. The van der Waals surface area contributed by atoms with E-state index in [-0.39, 0.29) is 11.8 Å². The molecule has 0 bridgehead atoms. The minimum atomic E-state index is -0.899. The predicted octanol–water partition coefficient (Wildman–Crippen LogP) is 1.88. The molecule has 0 aliphatic carbocycles. The average Bonchev–Trinajstić information content (AvgIpc) is 2.20. The maximum atomic E-state index is 13.5. The topological polar surface area (TPSA) is 32.3 Å². The zero-order valence-electron chi connectivity index (χ0n) is 8.50. The second-order valence-corrected chi connectivity index (χ2v) is 3.46. The molecule has 1 aromatic rings. The van der Waals surface area contributed by atoms with Crippen LogP contribution < -0.4 is 5.32 Å². The number of hydrogen-bond donors (Lipinski definition) is 2. The molecule has 3 heteroatoms. The minimum absolute atomic E-state index is 0.149. The van der Waals surface area contributed by atoms with Crippen molar-refractivity contribution in [2.45, 2.75) is 25.6 Å². The van der Waals surface area contributed by atoms with Gasteiger partial charge in [0.1, 0.15) is 11.9 Å². The Morgan fingerprint density at radius 3 is 2.43 bits per heavy atom. The van der Waals surface area contributed by atoms with Crippen molar-refractivity contribution in [2.75, 3.05) is 7.05 Å². The molecular weight excluding hydrogens is 181 g/mol. The lowest BCUT2D eigenvalue weighted by molar-refractivity contribution is 0.267. The van der Waals surface area contributed by atoms with E-state index in [0.29, 0.717) is 6.42 Å². The largest absolute Gasteiger partial charge is 0.508 e. The number of nitrogens with one attached hydrogen (secondary N) is 1. The highest BCUT2D eigenvalue weighted by Crippen LogP contribution is 2.13. The summed E-state index contributed by atoms with van der Waals surface area (Å²) >= 11 is 0. The summed E-state index contributed by atoms with van der Waals surface area (Å²) < 4.78 is 13.5. The van der Waals surface area contributed by atoms with E-state index in [9.17, 15) is 4.39 Å². The first-order chi connectivity index (χ1) is 6.63. The van der Waals surface area contributed by atoms with Crippen molar-refractivity contribution in [1.82, 2.24) is 5.32 Å². The third-order valence-electron chi connectivity index (χ3n) is 2.36. The molecule has 0 heterocycles. The van der Waals surface area contributed by atoms with E-state index in [1.807, 2.05) is 6.92 Å². The molecule has 1 rings (SSSR count). The number of halogens is 1. The van der Waals surface area contributed by atoms with E-state index >= 15 is 0 Å². The molecule has 0 aliphatic heterocycles. The van der Waals surface area contributed by atoms with Crippen LogP contribution in [0.2, 0.25) is 0 Å². The number of aromatic hydroxyl groups is 1. The van der Waals surface area contributed by atoms with Crippen molar-refractivity contribution in [3.05, 3.63) is 29.8 Å². The van der Waals surface area contributed by atoms with Crippen molar-refractivity contribution in [3.8, 4) is 5.75 Å². The molecule has 0 spiro atoms. The molecule has 0 radical (unpaired) electrons. The second-order valence-electron chi connectivity index (χ2n) is 3.46. The lowest BCUT2D eigenvalue weighted by Gasteiger charge is -2.15. The summed E-state index contributed by atoms with van der Waals surface area (Å²) in [5.74, 6) is 0.214. The minimum Gasteiger partial charge on any atom is -0.508 e. The van der Waals surface area contributed by atoms with E-state index in [1.165, 1.54) is 0 Å². The Labute approximate surface area is 83.8 Å². The first-order valence-corrected chi connectivity index (χ1v) is 4.72. The molecule has 2 nitrogen and oxygen atoms in total. The van der Waals surface area contributed by atoms with Gasteiger partial charge in [-0.25, -0.2) is 4.39 Å². The van der Waals surface area contributed by atoms with Gasteiger partial charge in [-0.1, -0.05) is 12.1 Å². The fourth-order valence-electron chi connectivity index (χ4n) is 1.21. The van der Waals surface area contributed by atoms with Crippen LogP contribution in [0.3, 0.4) is 0 Å². The quantitative estimate of drug-likeness (QED) is 0.772. The highest BCUT2D eigenvalue weighted by Gasteiger charge is 2.14. The number of alkyl halides is 1. The van der Waals surface area contributed by atoms with Gasteiger partial charge < -0.3 is 10.4 Å². The van der Waals surface area contributed by atoms with Crippen molar-refractivity contribution in [3.63, 3.8) is 0 Å². The van der Waals surface area contributed by atoms with Gasteiger partial charge in [0, 0.05) is 12.5 Å². The van der Waals surface area contributed by atoms with Crippen LogP contribution >= 0.6 is 0 Å². The first kappa shape index (κ1) is 11.0. The Morgan fingerprint density at radius 1 is 1.36 bits per heavy atom. The highest BCUT2D eigenvalue weighted by molar-refractivity contribution is 5.26. The van der Waals surface area contributed by atoms with Crippen LogP contribution in [0.4, 0.5) is 4.39 Å². The van der Waals surface area contributed by atoms with Crippen molar-refractivity contribution < 1.29 is 9.50 Å². The van der Waals surface area contributed by atoms with E-state index in [0.717, 1.165) is 5.56 Å². The van der Waals surface area contributed by atoms with Gasteiger partial charge in [0.25, 0.3) is 0 Å². The zero-order chi connectivity index (χ0) is 10.6. The summed E-state index contributed by atoms with van der Waals surface area (Å²) in [7, 11) is 1.74. The third kappa shape index (κ3) is 3.00. The van der Waals surface area contributed by atoms with Gasteiger partial charge >= 0.3 is 0 Å². The zero-order valence-corrected chi connectivity index (χ0v) is 8.50. The molecule has 1 aromatic carbocycles.